The van der Waals surface area contributed by atoms with Crippen molar-refractivity contribution in [1.29, 1.82) is 0 Å². The molecule has 0 radical (unpaired) electrons. The molecule has 1 aliphatic heterocycles. The zero-order valence-electron chi connectivity index (χ0n) is 15.5. The highest BCUT2D eigenvalue weighted by Gasteiger charge is 2.15. The van der Waals surface area contributed by atoms with Gasteiger partial charge in [0.05, 0.1) is 6.54 Å². The summed E-state index contributed by atoms with van der Waals surface area (Å²) in [5, 5.41) is 6.42. The van der Waals surface area contributed by atoms with Gasteiger partial charge in [-0.25, -0.2) is 9.38 Å². The van der Waals surface area contributed by atoms with E-state index in [9.17, 15) is 9.18 Å². The molecule has 0 unspecified atom stereocenters. The normalized spacial score (nSPS) is 15.2. The van der Waals surface area contributed by atoms with Crippen LogP contribution in [0.5, 0.6) is 0 Å². The summed E-state index contributed by atoms with van der Waals surface area (Å²) in [5.41, 5.74) is 0.579. The molecule has 0 spiro atoms. The van der Waals surface area contributed by atoms with E-state index in [0.29, 0.717) is 24.5 Å². The van der Waals surface area contributed by atoms with Crippen molar-refractivity contribution in [3.63, 3.8) is 0 Å². The molecule has 1 heterocycles. The highest BCUT2D eigenvalue weighted by Crippen LogP contribution is 2.11. The highest BCUT2D eigenvalue weighted by atomic mass is 127. The van der Waals surface area contributed by atoms with E-state index in [-0.39, 0.29) is 35.7 Å². The fraction of sp³-hybridized carbons (Fsp3) is 0.579. The summed E-state index contributed by atoms with van der Waals surface area (Å²) in [5.74, 6) is 0.715. The predicted molar refractivity (Wildman–Crippen MR) is 114 cm³/mol. The average molecular weight is 476 g/mol. The minimum atomic E-state index is -0.234. The van der Waals surface area contributed by atoms with Crippen molar-refractivity contribution in [1.82, 2.24) is 15.5 Å². The van der Waals surface area contributed by atoms with Crippen molar-refractivity contribution < 1.29 is 9.18 Å². The second-order valence-corrected chi connectivity index (χ2v) is 6.26. The van der Waals surface area contributed by atoms with Crippen LogP contribution in [0.2, 0.25) is 0 Å². The third-order valence-electron chi connectivity index (χ3n) is 4.28. The Morgan fingerprint density at radius 1 is 1.23 bits per heavy atom. The number of guanidine groups is 1. The molecule has 7 heteroatoms. The summed E-state index contributed by atoms with van der Waals surface area (Å²) in [4.78, 5) is 18.4. The number of hydrogen-bond acceptors (Lipinski definition) is 2. The molecule has 0 atom stereocenters. The Balaban J connectivity index is 0.00000338. The molecule has 1 aromatic rings. The number of amides is 1. The van der Waals surface area contributed by atoms with Crippen LogP contribution < -0.4 is 10.6 Å². The van der Waals surface area contributed by atoms with Gasteiger partial charge in [-0.15, -0.1) is 24.0 Å². The van der Waals surface area contributed by atoms with Crippen LogP contribution in [-0.2, 0) is 11.3 Å². The monoisotopic (exact) mass is 476 g/mol. The van der Waals surface area contributed by atoms with Crippen LogP contribution in [0.15, 0.2) is 29.3 Å². The third kappa shape index (κ3) is 7.88. The second-order valence-electron chi connectivity index (χ2n) is 6.26. The number of likely N-dealkylation sites (tertiary alicyclic amines) is 1. The molecule has 0 aromatic heterocycles. The van der Waals surface area contributed by atoms with Gasteiger partial charge in [0.1, 0.15) is 5.82 Å². The molecule has 1 fully saturated rings. The van der Waals surface area contributed by atoms with Crippen LogP contribution >= 0.6 is 24.0 Å². The van der Waals surface area contributed by atoms with Gasteiger partial charge in [0.25, 0.3) is 0 Å². The molecule has 1 aromatic carbocycles. The minimum Gasteiger partial charge on any atom is -0.357 e. The van der Waals surface area contributed by atoms with Crippen molar-refractivity contribution in [3.8, 4) is 0 Å². The molecular weight excluding hydrogens is 446 g/mol. The SMILES string of the molecule is CCNC(=NCc1ccccc1F)NCCCN1CCCCCC1=O.I. The van der Waals surface area contributed by atoms with Crippen molar-refractivity contribution >= 4 is 35.8 Å². The third-order valence-corrected chi connectivity index (χ3v) is 4.28. The number of carbonyl (C=O) groups excluding carboxylic acids is 1. The van der Waals surface area contributed by atoms with Crippen LogP contribution in [0.1, 0.15) is 44.6 Å². The van der Waals surface area contributed by atoms with Gasteiger partial charge in [-0.05, 0) is 32.3 Å². The Kier molecular flexibility index (Phi) is 11.2. The van der Waals surface area contributed by atoms with Crippen LogP contribution in [0.3, 0.4) is 0 Å². The van der Waals surface area contributed by atoms with E-state index < -0.39 is 0 Å². The fourth-order valence-corrected chi connectivity index (χ4v) is 2.88. The summed E-state index contributed by atoms with van der Waals surface area (Å²) in [7, 11) is 0. The van der Waals surface area contributed by atoms with Crippen molar-refractivity contribution in [2.24, 2.45) is 4.99 Å². The molecule has 1 aliphatic rings. The van der Waals surface area contributed by atoms with Gasteiger partial charge in [0.2, 0.25) is 5.91 Å². The smallest absolute Gasteiger partial charge is 0.222 e. The summed E-state index contributed by atoms with van der Waals surface area (Å²) in [6.07, 6.45) is 4.82. The maximum absolute atomic E-state index is 13.7. The lowest BCUT2D eigenvalue weighted by Crippen LogP contribution is -2.39. The maximum atomic E-state index is 13.7. The molecule has 0 saturated carbocycles. The van der Waals surface area contributed by atoms with Gasteiger partial charge in [0, 0.05) is 38.2 Å². The molecule has 5 nitrogen and oxygen atoms in total. The van der Waals surface area contributed by atoms with Gasteiger partial charge in [-0.3, -0.25) is 4.79 Å². The first kappa shape index (κ1) is 22.7. The van der Waals surface area contributed by atoms with Gasteiger partial charge < -0.3 is 15.5 Å². The Morgan fingerprint density at radius 2 is 2.04 bits per heavy atom. The van der Waals surface area contributed by atoms with Crippen LogP contribution in [0.25, 0.3) is 0 Å². The van der Waals surface area contributed by atoms with Gasteiger partial charge in [-0.1, -0.05) is 24.6 Å². The highest BCUT2D eigenvalue weighted by molar-refractivity contribution is 14.0. The molecule has 1 amide bonds. The molecule has 26 heavy (non-hydrogen) atoms. The number of benzene rings is 1. The summed E-state index contributed by atoms with van der Waals surface area (Å²) in [6.45, 7) is 5.42. The summed E-state index contributed by atoms with van der Waals surface area (Å²) >= 11 is 0. The van der Waals surface area contributed by atoms with E-state index in [1.807, 2.05) is 17.9 Å². The minimum absolute atomic E-state index is 0. The Bertz CT molecular complexity index is 582. The van der Waals surface area contributed by atoms with Crippen LogP contribution in [0.4, 0.5) is 4.39 Å². The largest absolute Gasteiger partial charge is 0.357 e. The van der Waals surface area contributed by atoms with Crippen molar-refractivity contribution in [3.05, 3.63) is 35.6 Å². The Morgan fingerprint density at radius 3 is 2.81 bits per heavy atom. The van der Waals surface area contributed by atoms with Crippen molar-refractivity contribution in [2.75, 3.05) is 26.2 Å². The molecule has 2 rings (SSSR count). The van der Waals surface area contributed by atoms with E-state index >= 15 is 0 Å². The van der Waals surface area contributed by atoms with E-state index in [2.05, 4.69) is 15.6 Å². The molecule has 0 aliphatic carbocycles. The first-order chi connectivity index (χ1) is 12.2. The van der Waals surface area contributed by atoms with E-state index in [1.165, 1.54) is 6.07 Å². The quantitative estimate of drug-likeness (QED) is 0.275. The Hall–Kier alpha value is -1.38. The number of nitrogens with one attached hydrogen (secondary N) is 2. The molecular formula is C19H30FIN4O. The lowest BCUT2D eigenvalue weighted by Gasteiger charge is -2.20. The lowest BCUT2D eigenvalue weighted by atomic mass is 10.2. The number of carbonyl (C=O) groups is 1. The van der Waals surface area contributed by atoms with E-state index in [4.69, 9.17) is 0 Å². The van der Waals surface area contributed by atoms with Crippen LogP contribution in [0, 0.1) is 5.82 Å². The van der Waals surface area contributed by atoms with E-state index in [0.717, 1.165) is 51.9 Å². The number of aliphatic imine (C=N–C) groups is 1. The predicted octanol–water partition coefficient (Wildman–Crippen LogP) is 3.29. The average Bonchev–Trinajstić information content (AvgIpc) is 2.82. The molecule has 2 N–H and O–H groups in total. The second kappa shape index (κ2) is 12.9. The van der Waals surface area contributed by atoms with E-state index in [1.54, 1.807) is 12.1 Å². The first-order valence-corrected chi connectivity index (χ1v) is 9.24. The standard InChI is InChI=1S/C19H29FN4O.HI/c1-2-21-19(23-15-16-9-5-6-10-17(16)20)22-12-8-14-24-13-7-3-4-11-18(24)25;/h5-6,9-10H,2-4,7-8,11-15H2,1H3,(H2,21,22,23);1H. The molecule has 146 valence electrons. The lowest BCUT2D eigenvalue weighted by molar-refractivity contribution is -0.130. The summed E-state index contributed by atoms with van der Waals surface area (Å²) < 4.78 is 13.7. The van der Waals surface area contributed by atoms with Gasteiger partial charge in [-0.2, -0.15) is 0 Å². The number of hydrogen-bond donors (Lipinski definition) is 2. The van der Waals surface area contributed by atoms with Gasteiger partial charge in [0.15, 0.2) is 5.96 Å². The van der Waals surface area contributed by atoms with Crippen LogP contribution in [-0.4, -0.2) is 42.9 Å². The molecule has 0 bridgehead atoms. The zero-order valence-corrected chi connectivity index (χ0v) is 17.8. The number of nitrogens with zero attached hydrogens (tertiary/aromatic N) is 2. The first-order valence-electron chi connectivity index (χ1n) is 9.24. The number of rotatable bonds is 7. The molecule has 1 saturated heterocycles. The maximum Gasteiger partial charge on any atom is 0.222 e. The topological polar surface area (TPSA) is 56.7 Å². The Labute approximate surface area is 172 Å². The summed E-state index contributed by atoms with van der Waals surface area (Å²) in [6, 6.07) is 6.68. The fourth-order valence-electron chi connectivity index (χ4n) is 2.88. The zero-order chi connectivity index (χ0) is 17.9. The van der Waals surface area contributed by atoms with Gasteiger partial charge >= 0.3 is 0 Å². The van der Waals surface area contributed by atoms with Crippen molar-refractivity contribution in [2.45, 2.75) is 45.6 Å². The number of halogens is 2.